The zero-order valence-corrected chi connectivity index (χ0v) is 12.2. The molecular formula is C16H18N4O. The zero-order chi connectivity index (χ0) is 14.7. The van der Waals surface area contributed by atoms with Crippen molar-refractivity contribution < 1.29 is 4.42 Å². The Balaban J connectivity index is 1.77. The van der Waals surface area contributed by atoms with Crippen LogP contribution in [0, 0.1) is 0 Å². The normalized spacial score (nSPS) is 11.2. The molecule has 2 heterocycles. The SMILES string of the molecule is CC(C)NCc1coc(-n2cc(-c3ccccc3)cn2)n1. The van der Waals surface area contributed by atoms with Crippen molar-refractivity contribution in [2.75, 3.05) is 0 Å². The minimum atomic E-state index is 0.416. The number of benzene rings is 1. The first kappa shape index (κ1) is 13.6. The molecule has 5 nitrogen and oxygen atoms in total. The molecular weight excluding hydrogens is 264 g/mol. The molecule has 0 aliphatic heterocycles. The smallest absolute Gasteiger partial charge is 0.322 e. The van der Waals surface area contributed by atoms with E-state index in [-0.39, 0.29) is 0 Å². The topological polar surface area (TPSA) is 55.9 Å². The Morgan fingerprint density at radius 2 is 2.00 bits per heavy atom. The molecule has 0 unspecified atom stereocenters. The van der Waals surface area contributed by atoms with Gasteiger partial charge in [-0.25, -0.2) is 0 Å². The van der Waals surface area contributed by atoms with Crippen molar-refractivity contribution in [3.63, 3.8) is 0 Å². The first-order valence-electron chi connectivity index (χ1n) is 7.00. The first-order chi connectivity index (χ1) is 10.2. The summed E-state index contributed by atoms with van der Waals surface area (Å²) in [5.74, 6) is 0. The van der Waals surface area contributed by atoms with Gasteiger partial charge in [0.05, 0.1) is 11.9 Å². The number of hydrogen-bond donors (Lipinski definition) is 1. The van der Waals surface area contributed by atoms with Crippen molar-refractivity contribution in [2.45, 2.75) is 26.4 Å². The lowest BCUT2D eigenvalue weighted by Crippen LogP contribution is -2.21. The molecule has 1 N–H and O–H groups in total. The van der Waals surface area contributed by atoms with E-state index in [9.17, 15) is 0 Å². The van der Waals surface area contributed by atoms with E-state index in [2.05, 4.69) is 41.4 Å². The highest BCUT2D eigenvalue weighted by Gasteiger charge is 2.09. The maximum absolute atomic E-state index is 5.48. The molecule has 0 spiro atoms. The summed E-state index contributed by atoms with van der Waals surface area (Å²) in [5.41, 5.74) is 3.03. The summed E-state index contributed by atoms with van der Waals surface area (Å²) in [6.45, 7) is 4.88. The van der Waals surface area contributed by atoms with Crippen LogP contribution in [0.5, 0.6) is 0 Å². The highest BCUT2D eigenvalue weighted by molar-refractivity contribution is 5.61. The van der Waals surface area contributed by atoms with E-state index in [0.717, 1.165) is 16.8 Å². The zero-order valence-electron chi connectivity index (χ0n) is 12.2. The minimum Gasteiger partial charge on any atom is -0.430 e. The van der Waals surface area contributed by atoms with Gasteiger partial charge in [-0.05, 0) is 5.56 Å². The molecule has 21 heavy (non-hydrogen) atoms. The van der Waals surface area contributed by atoms with Gasteiger partial charge in [0.15, 0.2) is 0 Å². The molecule has 0 bridgehead atoms. The summed E-state index contributed by atoms with van der Waals surface area (Å²) in [5, 5.41) is 7.62. The third-order valence-corrected chi connectivity index (χ3v) is 3.12. The standard InChI is InChI=1S/C16H18N4O/c1-12(2)17-9-15-11-21-16(19-15)20-10-14(8-18-20)13-6-4-3-5-7-13/h3-8,10-12,17H,9H2,1-2H3. The summed E-state index contributed by atoms with van der Waals surface area (Å²) in [7, 11) is 0. The van der Waals surface area contributed by atoms with Gasteiger partial charge in [-0.3, -0.25) is 0 Å². The molecule has 0 amide bonds. The Labute approximate surface area is 123 Å². The third-order valence-electron chi connectivity index (χ3n) is 3.12. The van der Waals surface area contributed by atoms with Gasteiger partial charge in [-0.1, -0.05) is 44.2 Å². The lowest BCUT2D eigenvalue weighted by atomic mass is 10.1. The maximum atomic E-state index is 5.48. The van der Waals surface area contributed by atoms with Crippen LogP contribution in [-0.4, -0.2) is 20.8 Å². The predicted molar refractivity (Wildman–Crippen MR) is 81.0 cm³/mol. The predicted octanol–water partition coefficient (Wildman–Crippen LogP) is 3.03. The van der Waals surface area contributed by atoms with Crippen molar-refractivity contribution in [2.24, 2.45) is 0 Å². The number of nitrogens with one attached hydrogen (secondary N) is 1. The Morgan fingerprint density at radius 3 is 2.76 bits per heavy atom. The Hall–Kier alpha value is -2.40. The molecule has 5 heteroatoms. The van der Waals surface area contributed by atoms with Crippen molar-refractivity contribution in [3.8, 4) is 17.1 Å². The fourth-order valence-electron chi connectivity index (χ4n) is 2.00. The highest BCUT2D eigenvalue weighted by atomic mass is 16.4. The number of nitrogens with zero attached hydrogens (tertiary/aromatic N) is 3. The van der Waals surface area contributed by atoms with Gasteiger partial charge in [-0.2, -0.15) is 14.8 Å². The van der Waals surface area contributed by atoms with E-state index < -0.39 is 0 Å². The number of hydrogen-bond acceptors (Lipinski definition) is 4. The average molecular weight is 282 g/mol. The van der Waals surface area contributed by atoms with Crippen LogP contribution in [0.4, 0.5) is 0 Å². The monoisotopic (exact) mass is 282 g/mol. The molecule has 3 rings (SSSR count). The molecule has 0 fully saturated rings. The van der Waals surface area contributed by atoms with Crippen LogP contribution in [-0.2, 0) is 6.54 Å². The van der Waals surface area contributed by atoms with Gasteiger partial charge >= 0.3 is 6.01 Å². The van der Waals surface area contributed by atoms with Crippen molar-refractivity contribution in [1.29, 1.82) is 0 Å². The fourth-order valence-corrected chi connectivity index (χ4v) is 2.00. The lowest BCUT2D eigenvalue weighted by molar-refractivity contribution is 0.508. The molecule has 108 valence electrons. The fraction of sp³-hybridized carbons (Fsp3) is 0.250. The van der Waals surface area contributed by atoms with E-state index in [0.29, 0.717) is 18.6 Å². The number of aromatic nitrogens is 3. The second-order valence-corrected chi connectivity index (χ2v) is 5.20. The molecule has 0 saturated carbocycles. The molecule has 0 atom stereocenters. The largest absolute Gasteiger partial charge is 0.430 e. The summed E-state index contributed by atoms with van der Waals surface area (Å²) in [4.78, 5) is 4.43. The average Bonchev–Trinajstić information content (AvgIpc) is 3.15. The van der Waals surface area contributed by atoms with Crippen LogP contribution in [0.25, 0.3) is 17.1 Å². The first-order valence-corrected chi connectivity index (χ1v) is 7.00. The second kappa shape index (κ2) is 5.93. The Kier molecular flexibility index (Phi) is 3.83. The molecule has 1 aromatic carbocycles. The van der Waals surface area contributed by atoms with Crippen LogP contribution < -0.4 is 5.32 Å². The Bertz CT molecular complexity index is 700. The van der Waals surface area contributed by atoms with Crippen molar-refractivity contribution in [1.82, 2.24) is 20.1 Å². The van der Waals surface area contributed by atoms with Crippen LogP contribution in [0.2, 0.25) is 0 Å². The van der Waals surface area contributed by atoms with Crippen LogP contribution in [0.1, 0.15) is 19.5 Å². The summed E-state index contributed by atoms with van der Waals surface area (Å²) < 4.78 is 7.14. The summed E-state index contributed by atoms with van der Waals surface area (Å²) >= 11 is 0. The highest BCUT2D eigenvalue weighted by Crippen LogP contribution is 2.19. The number of rotatable bonds is 5. The molecule has 2 aromatic heterocycles. The lowest BCUT2D eigenvalue weighted by Gasteiger charge is -2.03. The van der Waals surface area contributed by atoms with E-state index in [1.54, 1.807) is 10.9 Å². The molecule has 0 aliphatic carbocycles. The van der Waals surface area contributed by atoms with Gasteiger partial charge in [-0.15, -0.1) is 0 Å². The van der Waals surface area contributed by atoms with Crippen LogP contribution in [0.15, 0.2) is 53.4 Å². The van der Waals surface area contributed by atoms with E-state index in [4.69, 9.17) is 4.42 Å². The third kappa shape index (κ3) is 3.20. The quantitative estimate of drug-likeness (QED) is 0.781. The van der Waals surface area contributed by atoms with E-state index in [1.165, 1.54) is 0 Å². The molecule has 0 aliphatic rings. The molecule has 0 saturated heterocycles. The molecule has 3 aromatic rings. The maximum Gasteiger partial charge on any atom is 0.322 e. The van der Waals surface area contributed by atoms with Crippen molar-refractivity contribution >= 4 is 0 Å². The van der Waals surface area contributed by atoms with Gasteiger partial charge in [0.25, 0.3) is 0 Å². The minimum absolute atomic E-state index is 0.416. The summed E-state index contributed by atoms with van der Waals surface area (Å²) in [6, 6.07) is 11.0. The van der Waals surface area contributed by atoms with Gasteiger partial charge in [0.1, 0.15) is 6.26 Å². The number of oxazole rings is 1. The van der Waals surface area contributed by atoms with Gasteiger partial charge in [0.2, 0.25) is 0 Å². The van der Waals surface area contributed by atoms with Crippen molar-refractivity contribution in [3.05, 3.63) is 54.7 Å². The van der Waals surface area contributed by atoms with Crippen LogP contribution >= 0.6 is 0 Å². The van der Waals surface area contributed by atoms with E-state index in [1.807, 2.05) is 30.6 Å². The van der Waals surface area contributed by atoms with Gasteiger partial charge in [0, 0.05) is 24.3 Å². The molecule has 0 radical (unpaired) electrons. The summed E-state index contributed by atoms with van der Waals surface area (Å²) in [6.07, 6.45) is 5.39. The van der Waals surface area contributed by atoms with E-state index >= 15 is 0 Å². The van der Waals surface area contributed by atoms with Gasteiger partial charge < -0.3 is 9.73 Å². The van der Waals surface area contributed by atoms with Crippen LogP contribution in [0.3, 0.4) is 0 Å². The Morgan fingerprint density at radius 1 is 1.19 bits per heavy atom. The second-order valence-electron chi connectivity index (χ2n) is 5.20.